The Morgan fingerprint density at radius 3 is 1.00 bits per heavy atom. The quantitative estimate of drug-likeness (QED) is 0.601. The van der Waals surface area contributed by atoms with Gasteiger partial charge in [-0.2, -0.15) is 5.41 Å². The van der Waals surface area contributed by atoms with E-state index in [1.165, 1.54) is 25.7 Å². The van der Waals surface area contributed by atoms with E-state index in [1.54, 1.807) is 0 Å². The molecular weight excluding hydrogens is 292 g/mol. The Balaban J connectivity index is 0. The van der Waals surface area contributed by atoms with Crippen LogP contribution < -0.4 is 0 Å². The van der Waals surface area contributed by atoms with E-state index in [1.807, 2.05) is 0 Å². The van der Waals surface area contributed by atoms with Crippen LogP contribution in [0.15, 0.2) is 0 Å². The van der Waals surface area contributed by atoms with Crippen molar-refractivity contribution in [2.45, 2.75) is 46.5 Å². The Morgan fingerprint density at radius 1 is 0.900 bits per heavy atom. The molecule has 0 aromatic heterocycles. The standard InChI is InChI=1S/C5H11.C4H8.W/c1-5(2,3)4;1-2-4-3-1;/h1H2,2-4H3;1-4H2;/q-1;;. The van der Waals surface area contributed by atoms with Gasteiger partial charge in [0.05, 0.1) is 0 Å². The topological polar surface area (TPSA) is 0 Å². The minimum absolute atomic E-state index is 0. The molecule has 0 aliphatic heterocycles. The van der Waals surface area contributed by atoms with E-state index in [4.69, 9.17) is 0 Å². The zero-order valence-corrected chi connectivity index (χ0v) is 10.4. The van der Waals surface area contributed by atoms with Gasteiger partial charge in [0.15, 0.2) is 0 Å². The van der Waals surface area contributed by atoms with Crippen LogP contribution in [0.3, 0.4) is 0 Å². The first-order valence-corrected chi connectivity index (χ1v) is 3.85. The molecule has 0 saturated heterocycles. The van der Waals surface area contributed by atoms with Crippen LogP contribution in [0.4, 0.5) is 0 Å². The average Bonchev–Trinajstić information content (AvgIpc) is 1.12. The monoisotopic (exact) mass is 311 g/mol. The molecule has 1 rings (SSSR count). The Morgan fingerprint density at radius 2 is 1.00 bits per heavy atom. The van der Waals surface area contributed by atoms with Gasteiger partial charge in [0.25, 0.3) is 0 Å². The van der Waals surface area contributed by atoms with Gasteiger partial charge in [0.1, 0.15) is 0 Å². The number of hydrogen-bond acceptors (Lipinski definition) is 0. The van der Waals surface area contributed by atoms with E-state index < -0.39 is 0 Å². The van der Waals surface area contributed by atoms with Gasteiger partial charge in [-0.25, -0.2) is 0 Å². The summed E-state index contributed by atoms with van der Waals surface area (Å²) < 4.78 is 0. The molecule has 1 aliphatic rings. The summed E-state index contributed by atoms with van der Waals surface area (Å²) in [5.74, 6) is 0. The van der Waals surface area contributed by atoms with Crippen LogP contribution in [-0.2, 0) is 21.1 Å². The number of rotatable bonds is 0. The van der Waals surface area contributed by atoms with Crippen LogP contribution in [-0.4, -0.2) is 0 Å². The van der Waals surface area contributed by atoms with Crippen LogP contribution in [0.2, 0.25) is 0 Å². The van der Waals surface area contributed by atoms with Gasteiger partial charge >= 0.3 is 0 Å². The molecular formula is C9H19W-. The van der Waals surface area contributed by atoms with Crippen molar-refractivity contribution in [2.24, 2.45) is 5.41 Å². The van der Waals surface area contributed by atoms with Crippen molar-refractivity contribution in [3.63, 3.8) is 0 Å². The van der Waals surface area contributed by atoms with Crippen LogP contribution >= 0.6 is 0 Å². The third-order valence-corrected chi connectivity index (χ3v) is 1.000. The molecule has 1 saturated carbocycles. The fraction of sp³-hybridized carbons (Fsp3) is 0.889. The summed E-state index contributed by atoms with van der Waals surface area (Å²) in [6, 6.07) is 0. The van der Waals surface area contributed by atoms with E-state index in [9.17, 15) is 0 Å². The second kappa shape index (κ2) is 6.40. The van der Waals surface area contributed by atoms with Gasteiger partial charge in [-0.1, -0.05) is 46.5 Å². The van der Waals surface area contributed by atoms with E-state index in [0.717, 1.165) is 0 Å². The van der Waals surface area contributed by atoms with Gasteiger partial charge < -0.3 is 6.92 Å². The molecule has 0 heterocycles. The molecule has 0 aromatic rings. The smallest absolute Gasteiger partial charge is 0 e. The molecule has 0 aromatic carbocycles. The summed E-state index contributed by atoms with van der Waals surface area (Å²) in [5, 5.41) is 0. The largest absolute Gasteiger partial charge is 0.338 e. The summed E-state index contributed by atoms with van der Waals surface area (Å²) in [6.07, 6.45) is 6.00. The van der Waals surface area contributed by atoms with E-state index in [0.29, 0.717) is 0 Å². The summed E-state index contributed by atoms with van der Waals surface area (Å²) in [7, 11) is 0. The molecule has 1 fully saturated rings. The summed E-state index contributed by atoms with van der Waals surface area (Å²) in [5.41, 5.74) is 0.250. The molecule has 0 unspecified atom stereocenters. The maximum absolute atomic E-state index is 3.77. The van der Waals surface area contributed by atoms with E-state index >= 15 is 0 Å². The maximum atomic E-state index is 3.77. The first kappa shape index (κ1) is 13.3. The first-order chi connectivity index (χ1) is 4.00. The molecule has 0 nitrogen and oxygen atoms in total. The minimum Gasteiger partial charge on any atom is -0.338 e. The van der Waals surface area contributed by atoms with Crippen LogP contribution in [0, 0.1) is 12.3 Å². The van der Waals surface area contributed by atoms with Crippen molar-refractivity contribution in [1.82, 2.24) is 0 Å². The molecule has 1 aliphatic carbocycles. The predicted molar refractivity (Wildman–Crippen MR) is 43.3 cm³/mol. The summed E-state index contributed by atoms with van der Waals surface area (Å²) in [6.45, 7) is 10.0. The SMILES string of the molecule is C1CCC1.[CH2-]C(C)(C)C.[W]. The van der Waals surface area contributed by atoms with Gasteiger partial charge in [-0.3, -0.25) is 0 Å². The predicted octanol–water partition coefficient (Wildman–Crippen LogP) is 3.42. The van der Waals surface area contributed by atoms with E-state index in [2.05, 4.69) is 27.7 Å². The second-order valence-corrected chi connectivity index (χ2v) is 3.97. The zero-order valence-electron chi connectivity index (χ0n) is 7.44. The van der Waals surface area contributed by atoms with Crippen LogP contribution in [0.25, 0.3) is 0 Å². The molecule has 0 amide bonds. The maximum Gasteiger partial charge on any atom is 0 e. The average molecular weight is 311 g/mol. The Labute approximate surface area is 80.0 Å². The fourth-order valence-electron chi connectivity index (χ4n) is 0.250. The van der Waals surface area contributed by atoms with Crippen molar-refractivity contribution < 1.29 is 21.1 Å². The van der Waals surface area contributed by atoms with Gasteiger partial charge in [-0.05, 0) is 0 Å². The van der Waals surface area contributed by atoms with Gasteiger partial charge in [0, 0.05) is 21.1 Å². The minimum atomic E-state index is 0. The molecule has 62 valence electrons. The van der Waals surface area contributed by atoms with Crippen molar-refractivity contribution in [3.05, 3.63) is 6.92 Å². The molecule has 0 N–H and O–H groups in total. The summed E-state index contributed by atoms with van der Waals surface area (Å²) >= 11 is 0. The third kappa shape index (κ3) is 23.4. The molecule has 0 atom stereocenters. The fourth-order valence-corrected chi connectivity index (χ4v) is 0.250. The number of hydrogen-bond donors (Lipinski definition) is 0. The Bertz CT molecular complexity index is 47.6. The van der Waals surface area contributed by atoms with Crippen LogP contribution in [0.1, 0.15) is 46.5 Å². The molecule has 0 bridgehead atoms. The van der Waals surface area contributed by atoms with Crippen LogP contribution in [0.5, 0.6) is 0 Å². The molecule has 0 radical (unpaired) electrons. The first-order valence-electron chi connectivity index (χ1n) is 3.85. The third-order valence-electron chi connectivity index (χ3n) is 1.000. The van der Waals surface area contributed by atoms with Crippen molar-refractivity contribution in [1.29, 1.82) is 0 Å². The van der Waals surface area contributed by atoms with Crippen molar-refractivity contribution in [2.75, 3.05) is 0 Å². The zero-order chi connectivity index (χ0) is 7.33. The molecule has 10 heavy (non-hydrogen) atoms. The second-order valence-electron chi connectivity index (χ2n) is 3.97. The summed E-state index contributed by atoms with van der Waals surface area (Å²) in [4.78, 5) is 0. The normalized spacial score (nSPS) is 15.6. The Hall–Kier alpha value is 0.688. The molecule has 0 spiro atoms. The van der Waals surface area contributed by atoms with Crippen molar-refractivity contribution >= 4 is 0 Å². The van der Waals surface area contributed by atoms with Crippen molar-refractivity contribution in [3.8, 4) is 0 Å². The van der Waals surface area contributed by atoms with Gasteiger partial charge in [0.2, 0.25) is 0 Å². The molecule has 1 heteroatoms. The Kier molecular flexibility index (Phi) is 8.51. The van der Waals surface area contributed by atoms with Gasteiger partial charge in [-0.15, -0.1) is 0 Å². The van der Waals surface area contributed by atoms with E-state index in [-0.39, 0.29) is 26.5 Å².